The standard InChI is InChI=1S/C16H18N4S2.H2O/c1-19-9-7-17-15(19)21-11-13-3-5-14(6-4-13)12-22-16-18-8-10-20(16)2;/h3-10H,11-12H2,1-2H3;1H2. The van der Waals surface area contributed by atoms with Crippen LogP contribution < -0.4 is 0 Å². The Kier molecular flexibility index (Phi) is 6.32. The lowest BCUT2D eigenvalue weighted by Crippen LogP contribution is -1.91. The molecular weight excluding hydrogens is 328 g/mol. The summed E-state index contributed by atoms with van der Waals surface area (Å²) in [7, 11) is 4.04. The smallest absolute Gasteiger partial charge is 0.167 e. The van der Waals surface area contributed by atoms with E-state index < -0.39 is 0 Å². The average molecular weight is 348 g/mol. The highest BCUT2D eigenvalue weighted by Gasteiger charge is 2.03. The van der Waals surface area contributed by atoms with Crippen molar-refractivity contribution in [2.75, 3.05) is 0 Å². The van der Waals surface area contributed by atoms with Crippen LogP contribution in [0.3, 0.4) is 0 Å². The van der Waals surface area contributed by atoms with E-state index in [1.54, 1.807) is 23.5 Å². The van der Waals surface area contributed by atoms with Crippen LogP contribution in [0.25, 0.3) is 0 Å². The molecule has 0 saturated carbocycles. The first-order valence-corrected chi connectivity index (χ1v) is 8.97. The van der Waals surface area contributed by atoms with E-state index in [-0.39, 0.29) is 5.48 Å². The van der Waals surface area contributed by atoms with Crippen molar-refractivity contribution in [2.45, 2.75) is 21.8 Å². The molecule has 0 spiro atoms. The van der Waals surface area contributed by atoms with Gasteiger partial charge in [-0.3, -0.25) is 0 Å². The SMILES string of the molecule is Cn1ccnc1SCc1ccc(CSc2nccn2C)cc1.O. The summed E-state index contributed by atoms with van der Waals surface area (Å²) in [5.74, 6) is 1.88. The summed E-state index contributed by atoms with van der Waals surface area (Å²) >= 11 is 3.52. The molecule has 0 aliphatic rings. The van der Waals surface area contributed by atoms with Crippen molar-refractivity contribution in [2.24, 2.45) is 14.1 Å². The number of imidazole rings is 2. The third-order valence-corrected chi connectivity index (χ3v) is 5.57. The Morgan fingerprint density at radius 2 is 1.17 bits per heavy atom. The summed E-state index contributed by atoms with van der Waals surface area (Å²) in [6, 6.07) is 8.79. The van der Waals surface area contributed by atoms with Gasteiger partial charge in [0.25, 0.3) is 0 Å². The second-order valence-corrected chi connectivity index (χ2v) is 6.92. The quantitative estimate of drug-likeness (QED) is 0.642. The number of aryl methyl sites for hydroxylation is 2. The van der Waals surface area contributed by atoms with Gasteiger partial charge < -0.3 is 14.6 Å². The van der Waals surface area contributed by atoms with Crippen LogP contribution in [0.15, 0.2) is 59.4 Å². The fraction of sp³-hybridized carbons (Fsp3) is 0.250. The van der Waals surface area contributed by atoms with E-state index in [1.165, 1.54) is 11.1 Å². The van der Waals surface area contributed by atoms with Gasteiger partial charge in [0, 0.05) is 50.4 Å². The number of rotatable bonds is 6. The number of hydrogen-bond acceptors (Lipinski definition) is 4. The van der Waals surface area contributed by atoms with Gasteiger partial charge in [0.05, 0.1) is 0 Å². The Hall–Kier alpha value is -1.70. The first kappa shape index (κ1) is 17.7. The first-order chi connectivity index (χ1) is 10.7. The van der Waals surface area contributed by atoms with Crippen LogP contribution in [-0.4, -0.2) is 24.6 Å². The Morgan fingerprint density at radius 1 is 0.783 bits per heavy atom. The summed E-state index contributed by atoms with van der Waals surface area (Å²) in [5.41, 5.74) is 2.64. The molecule has 0 aliphatic heterocycles. The lowest BCUT2D eigenvalue weighted by Gasteiger charge is -2.05. The minimum absolute atomic E-state index is 0. The fourth-order valence-corrected chi connectivity index (χ4v) is 3.79. The summed E-state index contributed by atoms with van der Waals surface area (Å²) < 4.78 is 4.09. The number of benzene rings is 1. The molecule has 0 fully saturated rings. The van der Waals surface area contributed by atoms with Crippen molar-refractivity contribution in [3.63, 3.8) is 0 Å². The van der Waals surface area contributed by atoms with Crippen molar-refractivity contribution in [1.29, 1.82) is 0 Å². The van der Waals surface area contributed by atoms with Gasteiger partial charge in [-0.1, -0.05) is 47.8 Å². The maximum absolute atomic E-state index is 4.33. The average Bonchev–Trinajstić information content (AvgIpc) is 3.12. The number of aromatic nitrogens is 4. The van der Waals surface area contributed by atoms with E-state index in [2.05, 4.69) is 34.2 Å². The lowest BCUT2D eigenvalue weighted by atomic mass is 10.2. The molecule has 0 atom stereocenters. The first-order valence-electron chi connectivity index (χ1n) is 7.00. The molecular formula is C16H20N4OS2. The molecule has 0 bridgehead atoms. The minimum Gasteiger partial charge on any atom is -0.412 e. The third-order valence-electron chi connectivity index (χ3n) is 3.31. The predicted octanol–water partition coefficient (Wildman–Crippen LogP) is 2.91. The van der Waals surface area contributed by atoms with Crippen molar-refractivity contribution >= 4 is 23.5 Å². The highest BCUT2D eigenvalue weighted by molar-refractivity contribution is 7.98. The van der Waals surface area contributed by atoms with Gasteiger partial charge in [-0.2, -0.15) is 0 Å². The molecule has 0 amide bonds. The molecule has 2 N–H and O–H groups in total. The van der Waals surface area contributed by atoms with Gasteiger partial charge in [0.2, 0.25) is 0 Å². The molecule has 5 nitrogen and oxygen atoms in total. The topological polar surface area (TPSA) is 67.1 Å². The monoisotopic (exact) mass is 348 g/mol. The summed E-state index contributed by atoms with van der Waals surface area (Å²) in [4.78, 5) is 8.66. The summed E-state index contributed by atoms with van der Waals surface area (Å²) in [5, 5.41) is 2.10. The Balaban J connectivity index is 0.00000192. The molecule has 1 aromatic carbocycles. The van der Waals surface area contributed by atoms with E-state index in [0.29, 0.717) is 0 Å². The maximum Gasteiger partial charge on any atom is 0.167 e. The molecule has 0 unspecified atom stereocenters. The van der Waals surface area contributed by atoms with Crippen LogP contribution in [0.4, 0.5) is 0 Å². The third kappa shape index (κ3) is 4.63. The zero-order valence-electron chi connectivity index (χ0n) is 13.1. The van der Waals surface area contributed by atoms with Gasteiger partial charge in [-0.05, 0) is 11.1 Å². The molecule has 122 valence electrons. The van der Waals surface area contributed by atoms with Crippen LogP contribution in [0.2, 0.25) is 0 Å². The fourth-order valence-electron chi connectivity index (χ4n) is 2.01. The second-order valence-electron chi connectivity index (χ2n) is 5.04. The summed E-state index contributed by atoms with van der Waals surface area (Å²) in [6.45, 7) is 0. The molecule has 3 aromatic rings. The zero-order valence-corrected chi connectivity index (χ0v) is 14.8. The van der Waals surface area contributed by atoms with Gasteiger partial charge in [0.15, 0.2) is 10.3 Å². The van der Waals surface area contributed by atoms with Gasteiger partial charge in [0.1, 0.15) is 0 Å². The van der Waals surface area contributed by atoms with E-state index in [9.17, 15) is 0 Å². The molecule has 2 aromatic heterocycles. The van der Waals surface area contributed by atoms with E-state index >= 15 is 0 Å². The predicted molar refractivity (Wildman–Crippen MR) is 95.6 cm³/mol. The Labute approximate surface area is 144 Å². The van der Waals surface area contributed by atoms with Crippen molar-refractivity contribution < 1.29 is 5.48 Å². The molecule has 3 rings (SSSR count). The molecule has 7 heteroatoms. The molecule has 0 saturated heterocycles. The minimum atomic E-state index is 0. The molecule has 0 aliphatic carbocycles. The number of thioether (sulfide) groups is 2. The van der Waals surface area contributed by atoms with Crippen LogP contribution in [0, 0.1) is 0 Å². The Morgan fingerprint density at radius 3 is 1.48 bits per heavy atom. The van der Waals surface area contributed by atoms with Gasteiger partial charge in [-0.25, -0.2) is 9.97 Å². The highest BCUT2D eigenvalue weighted by atomic mass is 32.2. The van der Waals surface area contributed by atoms with E-state index in [4.69, 9.17) is 0 Å². The zero-order chi connectivity index (χ0) is 15.4. The highest BCUT2D eigenvalue weighted by Crippen LogP contribution is 2.23. The molecule has 2 heterocycles. The molecule has 23 heavy (non-hydrogen) atoms. The van der Waals surface area contributed by atoms with E-state index in [1.807, 2.05) is 48.0 Å². The number of hydrogen-bond donors (Lipinski definition) is 0. The van der Waals surface area contributed by atoms with Crippen LogP contribution in [0.5, 0.6) is 0 Å². The largest absolute Gasteiger partial charge is 0.412 e. The maximum atomic E-state index is 4.33. The van der Waals surface area contributed by atoms with Gasteiger partial charge >= 0.3 is 0 Å². The van der Waals surface area contributed by atoms with Crippen LogP contribution >= 0.6 is 23.5 Å². The van der Waals surface area contributed by atoms with Crippen molar-refractivity contribution in [3.05, 3.63) is 60.2 Å². The van der Waals surface area contributed by atoms with Crippen LogP contribution in [-0.2, 0) is 25.6 Å². The molecule has 0 radical (unpaired) electrons. The Bertz CT molecular complexity index is 673. The van der Waals surface area contributed by atoms with Crippen LogP contribution in [0.1, 0.15) is 11.1 Å². The number of nitrogens with zero attached hydrogens (tertiary/aromatic N) is 4. The summed E-state index contributed by atoms with van der Waals surface area (Å²) in [6.07, 6.45) is 7.61. The van der Waals surface area contributed by atoms with Crippen molar-refractivity contribution in [1.82, 2.24) is 19.1 Å². The lowest BCUT2D eigenvalue weighted by molar-refractivity contribution is 0.790. The normalized spacial score (nSPS) is 10.5. The van der Waals surface area contributed by atoms with Gasteiger partial charge in [-0.15, -0.1) is 0 Å². The van der Waals surface area contributed by atoms with E-state index in [0.717, 1.165) is 21.8 Å². The second kappa shape index (κ2) is 8.24. The van der Waals surface area contributed by atoms with Crippen molar-refractivity contribution in [3.8, 4) is 0 Å².